The average Bonchev–Trinajstić information content (AvgIpc) is 3.56. The van der Waals surface area contributed by atoms with Crippen LogP contribution in [0.2, 0.25) is 5.02 Å². The minimum absolute atomic E-state index is 0.428. The number of fused-ring (bicyclic) bond motifs is 1. The van der Waals surface area contributed by atoms with Gasteiger partial charge in [-0.3, -0.25) is 14.7 Å². The average molecular weight is 559 g/mol. The van der Waals surface area contributed by atoms with E-state index in [2.05, 4.69) is 32.7 Å². The Morgan fingerprint density at radius 3 is 2.72 bits per heavy atom. The highest BCUT2D eigenvalue weighted by atomic mass is 35.5. The van der Waals surface area contributed by atoms with Gasteiger partial charge >= 0.3 is 0 Å². The second-order valence-corrected chi connectivity index (χ2v) is 10.8. The van der Waals surface area contributed by atoms with E-state index >= 15 is 0 Å². The van der Waals surface area contributed by atoms with Crippen molar-refractivity contribution in [2.24, 2.45) is 7.05 Å². The molecule has 0 N–H and O–H groups in total. The summed E-state index contributed by atoms with van der Waals surface area (Å²) in [6, 6.07) is 19.3. The number of rotatable bonds is 8. The molecule has 10 heteroatoms. The normalized spacial score (nSPS) is 14.5. The van der Waals surface area contributed by atoms with Crippen molar-refractivity contribution in [2.45, 2.75) is 12.5 Å². The van der Waals surface area contributed by atoms with E-state index in [9.17, 15) is 4.79 Å². The van der Waals surface area contributed by atoms with Gasteiger partial charge in [-0.15, -0.1) is 0 Å². The molecular formula is C29H27ClN6O2S. The second-order valence-electron chi connectivity index (χ2n) is 9.34. The second kappa shape index (κ2) is 11.1. The first kappa shape index (κ1) is 25.5. The van der Waals surface area contributed by atoms with Gasteiger partial charge in [0.1, 0.15) is 11.9 Å². The quantitative estimate of drug-likeness (QED) is 0.233. The molecular weight excluding hydrogens is 532 g/mol. The molecule has 1 aliphatic rings. The summed E-state index contributed by atoms with van der Waals surface area (Å²) < 4.78 is 8.61. The molecule has 1 fully saturated rings. The van der Waals surface area contributed by atoms with Crippen LogP contribution >= 0.6 is 22.9 Å². The molecule has 3 aromatic heterocycles. The smallest absolute Gasteiger partial charge is 0.216 e. The number of halogens is 1. The largest absolute Gasteiger partial charge is 0.378 e. The summed E-state index contributed by atoms with van der Waals surface area (Å²) in [5, 5.41) is 1.19. The number of nitrogens with zero attached hydrogens (tertiary/aromatic N) is 6. The predicted molar refractivity (Wildman–Crippen MR) is 156 cm³/mol. The first-order chi connectivity index (χ1) is 19.1. The molecule has 8 nitrogen and oxygen atoms in total. The molecule has 39 heavy (non-hydrogen) atoms. The van der Waals surface area contributed by atoms with Crippen LogP contribution in [0.4, 0.5) is 10.8 Å². The monoisotopic (exact) mass is 558 g/mol. The zero-order valence-corrected chi connectivity index (χ0v) is 23.0. The first-order valence-electron chi connectivity index (χ1n) is 12.8. The molecule has 0 bridgehead atoms. The topological polar surface area (TPSA) is 76.4 Å². The van der Waals surface area contributed by atoms with Crippen LogP contribution in [-0.2, 0) is 23.0 Å². The molecule has 1 atom stereocenters. The number of hydrogen-bond acceptors (Lipinski definition) is 7. The van der Waals surface area contributed by atoms with Gasteiger partial charge in [0.05, 0.1) is 35.3 Å². The van der Waals surface area contributed by atoms with E-state index in [1.165, 1.54) is 11.3 Å². The van der Waals surface area contributed by atoms with Crippen LogP contribution < -0.4 is 9.80 Å². The molecule has 4 heterocycles. The van der Waals surface area contributed by atoms with Crippen molar-refractivity contribution in [1.82, 2.24) is 19.5 Å². The summed E-state index contributed by atoms with van der Waals surface area (Å²) in [7, 11) is 2.00. The van der Waals surface area contributed by atoms with E-state index in [4.69, 9.17) is 26.3 Å². The maximum absolute atomic E-state index is 12.7. The van der Waals surface area contributed by atoms with Crippen LogP contribution in [0.1, 0.15) is 17.6 Å². The number of ether oxygens (including phenoxy) is 1. The number of morpholine rings is 1. The lowest BCUT2D eigenvalue weighted by molar-refractivity contribution is -0.108. The number of amides is 1. The van der Waals surface area contributed by atoms with Crippen molar-refractivity contribution in [2.75, 3.05) is 36.1 Å². The predicted octanol–water partition coefficient (Wildman–Crippen LogP) is 5.53. The molecule has 198 valence electrons. The number of hydrogen-bond donors (Lipinski definition) is 0. The van der Waals surface area contributed by atoms with Gasteiger partial charge in [0.25, 0.3) is 0 Å². The molecule has 0 saturated carbocycles. The highest BCUT2D eigenvalue weighted by molar-refractivity contribution is 7.22. The van der Waals surface area contributed by atoms with Gasteiger partial charge in [-0.05, 0) is 36.4 Å². The summed E-state index contributed by atoms with van der Waals surface area (Å²) in [6.45, 7) is 3.09. The number of para-hydroxylation sites is 1. The van der Waals surface area contributed by atoms with E-state index in [1.807, 2.05) is 55.7 Å². The fourth-order valence-electron chi connectivity index (χ4n) is 5.04. The van der Waals surface area contributed by atoms with E-state index in [1.54, 1.807) is 11.1 Å². The number of thiazole rings is 1. The number of anilines is 2. The van der Waals surface area contributed by atoms with Crippen LogP contribution in [0.3, 0.4) is 0 Å². The SMILES string of the molecule is Cn1c(-c2ccccc2N2CCOCC2)cnc1[C@H](Cc1ccccn1)N(C=O)c1nc2cc(Cl)ccc2s1. The van der Waals surface area contributed by atoms with Crippen LogP contribution in [-0.4, -0.2) is 52.2 Å². The van der Waals surface area contributed by atoms with Gasteiger partial charge in [-0.25, -0.2) is 9.97 Å². The van der Waals surface area contributed by atoms with E-state index < -0.39 is 6.04 Å². The minimum Gasteiger partial charge on any atom is -0.378 e. The fraction of sp³-hybridized carbons (Fsp3) is 0.241. The maximum Gasteiger partial charge on any atom is 0.216 e. The van der Waals surface area contributed by atoms with Crippen LogP contribution in [0.5, 0.6) is 0 Å². The van der Waals surface area contributed by atoms with Gasteiger partial charge in [0.2, 0.25) is 6.41 Å². The van der Waals surface area contributed by atoms with E-state index in [0.717, 1.165) is 58.2 Å². The van der Waals surface area contributed by atoms with Gasteiger partial charge in [0, 0.05) is 54.7 Å². The number of carbonyl (C=O) groups excluding carboxylic acids is 1. The lowest BCUT2D eigenvalue weighted by atomic mass is 10.1. The third-order valence-corrected chi connectivity index (χ3v) is 8.28. The minimum atomic E-state index is -0.428. The van der Waals surface area contributed by atoms with Crippen molar-refractivity contribution in [3.63, 3.8) is 0 Å². The summed E-state index contributed by atoms with van der Waals surface area (Å²) in [5.74, 6) is 0.747. The first-order valence-corrected chi connectivity index (χ1v) is 13.9. The van der Waals surface area contributed by atoms with Crippen molar-refractivity contribution in [3.8, 4) is 11.3 Å². The summed E-state index contributed by atoms with van der Waals surface area (Å²) in [5.41, 5.74) is 4.82. The standard InChI is InChI=1S/C29H27ClN6O2S/c1-34-26(22-7-2-3-8-24(22)35-12-14-38-15-13-35)18-32-28(34)25(17-21-6-4-5-11-31-21)36(19-37)29-33-23-16-20(30)9-10-27(23)39-29/h2-11,16,18-19,25H,12-15,17H2,1H3/t25-/m0/s1. The summed E-state index contributed by atoms with van der Waals surface area (Å²) in [4.78, 5) is 30.9. The molecule has 1 amide bonds. The van der Waals surface area contributed by atoms with Crippen molar-refractivity contribution in [1.29, 1.82) is 0 Å². The van der Waals surface area contributed by atoms with Gasteiger partial charge in [-0.2, -0.15) is 0 Å². The molecule has 1 saturated heterocycles. The van der Waals surface area contributed by atoms with Crippen molar-refractivity contribution >= 4 is 50.4 Å². The van der Waals surface area contributed by atoms with Crippen molar-refractivity contribution < 1.29 is 9.53 Å². The Morgan fingerprint density at radius 1 is 1.10 bits per heavy atom. The molecule has 6 rings (SSSR count). The highest BCUT2D eigenvalue weighted by Crippen LogP contribution is 2.37. The molecule has 5 aromatic rings. The maximum atomic E-state index is 12.7. The number of carbonyl (C=O) groups is 1. The lowest BCUT2D eigenvalue weighted by Gasteiger charge is -2.31. The Hall–Kier alpha value is -3.79. The number of pyridine rings is 1. The molecule has 0 spiro atoms. The van der Waals surface area contributed by atoms with Crippen LogP contribution in [0, 0.1) is 0 Å². The molecule has 2 aromatic carbocycles. The lowest BCUT2D eigenvalue weighted by Crippen LogP contribution is -2.36. The molecule has 0 unspecified atom stereocenters. The molecule has 0 aliphatic carbocycles. The molecule has 0 radical (unpaired) electrons. The van der Waals surface area contributed by atoms with Gasteiger partial charge < -0.3 is 14.2 Å². The Balaban J connectivity index is 1.43. The van der Waals surface area contributed by atoms with E-state index in [-0.39, 0.29) is 0 Å². The highest BCUT2D eigenvalue weighted by Gasteiger charge is 2.29. The Kier molecular flexibility index (Phi) is 7.28. The zero-order chi connectivity index (χ0) is 26.8. The van der Waals surface area contributed by atoms with Gasteiger partial charge in [-0.1, -0.05) is 47.2 Å². The third-order valence-electron chi connectivity index (χ3n) is 6.99. The Bertz CT molecular complexity index is 1600. The molecule has 1 aliphatic heterocycles. The van der Waals surface area contributed by atoms with Crippen LogP contribution in [0.15, 0.2) is 73.1 Å². The Labute approximate surface area is 235 Å². The summed E-state index contributed by atoms with van der Waals surface area (Å²) >= 11 is 7.66. The fourth-order valence-corrected chi connectivity index (χ4v) is 6.16. The van der Waals surface area contributed by atoms with Crippen molar-refractivity contribution in [3.05, 3.63) is 89.6 Å². The van der Waals surface area contributed by atoms with E-state index in [0.29, 0.717) is 29.8 Å². The van der Waals surface area contributed by atoms with Gasteiger partial charge in [0.15, 0.2) is 5.13 Å². The van der Waals surface area contributed by atoms with Crippen LogP contribution in [0.25, 0.3) is 21.5 Å². The number of imidazole rings is 1. The number of benzene rings is 2. The summed E-state index contributed by atoms with van der Waals surface area (Å²) in [6.07, 6.45) is 4.97. The zero-order valence-electron chi connectivity index (χ0n) is 21.4. The Morgan fingerprint density at radius 2 is 1.92 bits per heavy atom. The number of aromatic nitrogens is 4. The third kappa shape index (κ3) is 5.13.